The summed E-state index contributed by atoms with van der Waals surface area (Å²) in [5.74, 6) is 29.9. The Hall–Kier alpha value is -12.4. The van der Waals surface area contributed by atoms with Crippen molar-refractivity contribution in [3.8, 4) is 88.3 Å². The molecule has 3 fully saturated rings. The SMILES string of the molecule is C=CCOC(=O)N1c2c(cc(O)c3c2C(=O)c2ccccc2C3=O)[C@@]23O[C@@]2(C(C)C)[C@@H]1C#C/C=C\C#C[C@H]3O.CC(C)[C@@]12O[C@]13c1cc(O)c4c(c1N[C@H]2C#C/C=C\C#C[C@H]3O)C(=O)c1ccccc1C4=O.C[C@@H](O)[C@@]12O[C@]13c1cc(O)c4c(c1N[C@H]2C#C/C=C\C#C[C@H]3O)C(=O)c1ccccc1C4=O. The number of carbonyl (C=O) groups excluding carboxylic acids is 7. The fourth-order valence-corrected chi connectivity index (χ4v) is 17.2. The van der Waals surface area contributed by atoms with E-state index in [1.165, 1.54) is 72.5 Å². The molecule has 18 rings (SSSR count). The van der Waals surface area contributed by atoms with Crippen LogP contribution in [0.25, 0.3) is 0 Å². The Balaban J connectivity index is 0.000000122. The molecule has 6 aromatic rings. The van der Waals surface area contributed by atoms with Crippen LogP contribution in [0.3, 0.4) is 0 Å². The van der Waals surface area contributed by atoms with E-state index in [9.17, 15) is 69.3 Å². The van der Waals surface area contributed by atoms with Gasteiger partial charge in [-0.1, -0.05) is 184 Å². The summed E-state index contributed by atoms with van der Waals surface area (Å²) >= 11 is 0. The number of aliphatic hydroxyl groups is 4. The predicted molar refractivity (Wildman–Crippen MR) is 377 cm³/mol. The lowest BCUT2D eigenvalue weighted by atomic mass is 9.67. The lowest BCUT2D eigenvalue weighted by Gasteiger charge is -2.43. The minimum absolute atomic E-state index is 0.0109. The molecule has 12 aliphatic rings. The third-order valence-electron chi connectivity index (χ3n) is 21.7. The Morgan fingerprint density at radius 1 is 0.486 bits per heavy atom. The lowest BCUT2D eigenvalue weighted by molar-refractivity contribution is 0.0867. The maximum atomic E-state index is 14.0. The first-order valence-corrected chi connectivity index (χ1v) is 33.6. The molecule has 6 aromatic carbocycles. The number of epoxide rings is 3. The van der Waals surface area contributed by atoms with Gasteiger partial charge in [-0.05, 0) is 73.4 Å². The van der Waals surface area contributed by atoms with Gasteiger partial charge in [0.1, 0.15) is 53.2 Å². The standard InChI is InChI=1S/C31H23NO7.C27H19NO5.C26H17NO6/c1-4-15-38-29(37)32-22-13-7-5-6-8-14-23(34)31(30(22,39-31)17(2)3)20-16-21(33)24-25(26(20)32)28(36)19-12-10-9-11-18(19)27(24)35;1-14(2)26-19-11-5-3-4-6-12-20(30)27(26,33-26)17-13-18(29)21-22(23(17)28-19)25(32)16-10-8-7-9-15(16)24(21)31;1-13(28)25-18-10-4-2-3-5-11-19(30)26(25,33-25)16-12-17(29)20-21(22(16)27-18)24(32)15-9-7-6-8-14(15)23(20)31/h4-6,9-12,16-17,22-23,33-34H,1,15H2,2-3H3;3-4,7-10,13-14,19-20,28-30H,1-2H3;2-3,6-9,12-13,18-19,27-30H,1H3/b6-5-;4-3-;3-2-/t22-,23+,30-,31-;19-,20+,26-,27-;13-,18+,19-,25+,26+/m001/s1. The maximum Gasteiger partial charge on any atom is 0.415 e. The van der Waals surface area contributed by atoms with Crippen LogP contribution in [-0.4, -0.2) is 142 Å². The van der Waals surface area contributed by atoms with E-state index in [-0.39, 0.29) is 119 Å². The van der Waals surface area contributed by atoms with Gasteiger partial charge in [-0.3, -0.25) is 33.7 Å². The molecule has 3 saturated heterocycles. The van der Waals surface area contributed by atoms with E-state index in [1.807, 2.05) is 27.7 Å². The van der Waals surface area contributed by atoms with Crippen molar-refractivity contribution in [1.82, 2.24) is 0 Å². The number of rotatable bonds is 5. The van der Waals surface area contributed by atoms with Crippen molar-refractivity contribution in [2.75, 3.05) is 22.1 Å². The molecule has 21 heteroatoms. The van der Waals surface area contributed by atoms with Gasteiger partial charge in [0.25, 0.3) is 0 Å². The summed E-state index contributed by atoms with van der Waals surface area (Å²) < 4.78 is 24.4. The number of allylic oxidation sites excluding steroid dienone is 6. The van der Waals surface area contributed by atoms with Gasteiger partial charge in [-0.15, -0.1) is 0 Å². The van der Waals surface area contributed by atoms with Crippen LogP contribution in [0.4, 0.5) is 21.9 Å². The summed E-state index contributed by atoms with van der Waals surface area (Å²) in [7, 11) is 0. The molecule has 0 spiro atoms. The van der Waals surface area contributed by atoms with Crippen LogP contribution in [0.5, 0.6) is 17.2 Å². The number of amides is 1. The summed E-state index contributed by atoms with van der Waals surface area (Å²) in [6.45, 7) is 12.6. The molecule has 0 radical (unpaired) electrons. The number of ether oxygens (including phenoxy) is 4. The number of benzene rings is 6. The van der Waals surface area contributed by atoms with Gasteiger partial charge < -0.3 is 65.3 Å². The smallest absolute Gasteiger partial charge is 0.415 e. The quantitative estimate of drug-likeness (QED) is 0.0362. The van der Waals surface area contributed by atoms with Crippen LogP contribution in [0.1, 0.15) is 147 Å². The Morgan fingerprint density at radius 3 is 1.21 bits per heavy atom. The molecule has 21 nitrogen and oxygen atoms in total. The van der Waals surface area contributed by atoms with Crippen molar-refractivity contribution in [3.05, 3.63) is 224 Å². The van der Waals surface area contributed by atoms with Crippen LogP contribution in [-0.2, 0) is 35.8 Å². The summed E-state index contributed by atoms with van der Waals surface area (Å²) in [5.41, 5.74) is -6.04. The molecular weight excluding hydrogens is 1340 g/mol. The number of hydrogen-bond acceptors (Lipinski definition) is 20. The van der Waals surface area contributed by atoms with Crippen molar-refractivity contribution < 1.29 is 88.3 Å². The van der Waals surface area contributed by atoms with Crippen LogP contribution < -0.4 is 15.5 Å². The van der Waals surface area contributed by atoms with Gasteiger partial charge in [-0.2, -0.15) is 0 Å². The Bertz CT molecular complexity index is 5430. The maximum absolute atomic E-state index is 14.0. The molecule has 105 heavy (non-hydrogen) atoms. The number of carbonyl (C=O) groups is 7. The molecule has 6 heterocycles. The van der Waals surface area contributed by atoms with E-state index in [4.69, 9.17) is 18.9 Å². The number of nitrogens with one attached hydrogen (secondary N) is 2. The van der Waals surface area contributed by atoms with E-state index in [0.717, 1.165) is 0 Å². The van der Waals surface area contributed by atoms with Crippen molar-refractivity contribution in [2.24, 2.45) is 11.8 Å². The predicted octanol–water partition coefficient (Wildman–Crippen LogP) is 7.00. The highest BCUT2D eigenvalue weighted by Gasteiger charge is 2.85. The second kappa shape index (κ2) is 23.6. The number of aromatic hydroxyl groups is 3. The van der Waals surface area contributed by atoms with E-state index < -0.39 is 123 Å². The number of aliphatic hydroxyl groups excluding tert-OH is 4. The van der Waals surface area contributed by atoms with Crippen molar-refractivity contribution in [3.63, 3.8) is 0 Å². The number of hydrogen-bond donors (Lipinski definition) is 9. The number of anilines is 3. The first-order chi connectivity index (χ1) is 50.4. The van der Waals surface area contributed by atoms with Crippen LogP contribution in [0, 0.1) is 82.9 Å². The lowest BCUT2D eigenvalue weighted by Crippen LogP contribution is -2.59. The minimum atomic E-state index is -1.56. The molecule has 6 aliphatic carbocycles. The van der Waals surface area contributed by atoms with Gasteiger partial charge in [0, 0.05) is 50.1 Å². The third-order valence-corrected chi connectivity index (χ3v) is 21.7. The summed E-state index contributed by atoms with van der Waals surface area (Å²) in [6.07, 6.45) is 4.50. The molecule has 6 bridgehead atoms. The zero-order chi connectivity index (χ0) is 73.9. The van der Waals surface area contributed by atoms with Gasteiger partial charge in [0.05, 0.1) is 56.5 Å². The molecule has 0 unspecified atom stereocenters. The second-order valence-corrected chi connectivity index (χ2v) is 27.4. The molecule has 1 amide bonds. The topological polar surface area (TPSA) is 335 Å². The second-order valence-electron chi connectivity index (χ2n) is 27.4. The third kappa shape index (κ3) is 8.72. The highest BCUT2D eigenvalue weighted by molar-refractivity contribution is 6.34. The fourth-order valence-electron chi connectivity index (χ4n) is 17.2. The van der Waals surface area contributed by atoms with E-state index in [0.29, 0.717) is 11.3 Å². The Morgan fingerprint density at radius 2 is 0.810 bits per heavy atom. The molecule has 13 atom stereocenters. The zero-order valence-corrected chi connectivity index (χ0v) is 56.4. The van der Waals surface area contributed by atoms with Crippen LogP contribution >= 0.6 is 0 Å². The molecule has 0 aromatic heterocycles. The number of nitrogens with zero attached hydrogens (tertiary/aromatic N) is 1. The average molecular weight is 1400 g/mol. The van der Waals surface area contributed by atoms with Crippen molar-refractivity contribution in [2.45, 2.75) is 111 Å². The number of ketones is 6. The Kier molecular flexibility index (Phi) is 15.1. The Labute approximate surface area is 599 Å². The molecule has 0 saturated carbocycles. The van der Waals surface area contributed by atoms with Crippen LogP contribution in [0.15, 0.2) is 140 Å². The summed E-state index contributed by atoms with van der Waals surface area (Å²) in [5, 5.41) is 84.2. The molecular formula is C84H59N3O18. The highest BCUT2D eigenvalue weighted by Crippen LogP contribution is 2.72. The number of fused-ring (bicyclic) bond motifs is 12. The van der Waals surface area contributed by atoms with E-state index in [1.54, 1.807) is 72.8 Å². The van der Waals surface area contributed by atoms with Crippen molar-refractivity contribution in [1.29, 1.82) is 0 Å². The van der Waals surface area contributed by atoms with Gasteiger partial charge in [-0.25, -0.2) is 4.79 Å². The fraction of sp³-hybridized carbons (Fsp3) is 0.250. The number of phenols is 3. The average Bonchev–Trinajstić information content (AvgIpc) is 1.51. The largest absolute Gasteiger partial charge is 0.507 e. The monoisotopic (exact) mass is 1400 g/mol. The number of phenolic OH excluding ortho intramolecular Hbond substituents is 3. The van der Waals surface area contributed by atoms with E-state index in [2.05, 4.69) is 88.3 Å². The minimum Gasteiger partial charge on any atom is -0.507 e. The highest BCUT2D eigenvalue weighted by atomic mass is 16.7. The van der Waals surface area contributed by atoms with Crippen LogP contribution in [0.2, 0.25) is 0 Å². The molecule has 518 valence electrons. The normalized spacial score (nSPS) is 30.0. The molecule has 9 N–H and O–H groups in total. The van der Waals surface area contributed by atoms with Gasteiger partial charge in [0.15, 0.2) is 75.4 Å². The zero-order valence-electron chi connectivity index (χ0n) is 56.4. The van der Waals surface area contributed by atoms with Gasteiger partial charge in [0.2, 0.25) is 0 Å². The first kappa shape index (κ1) is 67.2. The van der Waals surface area contributed by atoms with E-state index >= 15 is 0 Å². The summed E-state index contributed by atoms with van der Waals surface area (Å²) in [6, 6.07) is 20.8. The summed E-state index contributed by atoms with van der Waals surface area (Å²) in [4.78, 5) is 96.3. The molecule has 6 aliphatic heterocycles. The van der Waals surface area contributed by atoms with Crippen molar-refractivity contribution >= 4 is 57.9 Å². The van der Waals surface area contributed by atoms with Gasteiger partial charge >= 0.3 is 6.09 Å². The first-order valence-electron chi connectivity index (χ1n) is 33.6.